The third kappa shape index (κ3) is 7.43. The summed E-state index contributed by atoms with van der Waals surface area (Å²) in [5.74, 6) is 2.30. The van der Waals surface area contributed by atoms with Gasteiger partial charge in [-0.05, 0) is 59.7 Å². The van der Waals surface area contributed by atoms with Crippen LogP contribution in [0, 0.1) is 0 Å². The van der Waals surface area contributed by atoms with Crippen molar-refractivity contribution in [2.24, 2.45) is 9.98 Å². The van der Waals surface area contributed by atoms with Crippen LogP contribution in [0.3, 0.4) is 0 Å². The number of methoxy groups -OCH3 is 2. The molecule has 6 heteroatoms. The topological polar surface area (TPSA) is 61.6 Å². The van der Waals surface area contributed by atoms with Crippen molar-refractivity contribution in [1.29, 1.82) is 0 Å². The van der Waals surface area contributed by atoms with E-state index in [0.29, 0.717) is 47.9 Å². The Labute approximate surface area is 246 Å². The number of rotatable bonds is 10. The van der Waals surface area contributed by atoms with E-state index in [1.807, 2.05) is 133 Å². The van der Waals surface area contributed by atoms with E-state index in [0.717, 1.165) is 22.3 Å². The fourth-order valence-corrected chi connectivity index (χ4v) is 4.28. The molecule has 0 bridgehead atoms. The molecule has 0 atom stereocenters. The van der Waals surface area contributed by atoms with E-state index < -0.39 is 0 Å². The second-order valence-corrected chi connectivity index (χ2v) is 9.30. The third-order valence-corrected chi connectivity index (χ3v) is 6.41. The Hall–Kier alpha value is -5.36. The smallest absolute Gasteiger partial charge is 0.224 e. The third-order valence-electron chi connectivity index (χ3n) is 6.41. The Kier molecular flexibility index (Phi) is 9.61. The van der Waals surface area contributed by atoms with Crippen LogP contribution in [0.5, 0.6) is 11.5 Å². The van der Waals surface area contributed by atoms with Crippen LogP contribution in [0.4, 0.5) is 11.4 Å². The lowest BCUT2D eigenvalue weighted by Gasteiger charge is -2.13. The van der Waals surface area contributed by atoms with Crippen LogP contribution in [-0.2, 0) is 22.7 Å². The fraction of sp³-hybridized carbons (Fsp3) is 0.111. The molecule has 0 saturated heterocycles. The summed E-state index contributed by atoms with van der Waals surface area (Å²) in [6.45, 7) is 0.896. The molecule has 0 aromatic heterocycles. The van der Waals surface area contributed by atoms with Crippen molar-refractivity contribution in [3.05, 3.63) is 156 Å². The van der Waals surface area contributed by atoms with E-state index >= 15 is 0 Å². The Morgan fingerprint density at radius 2 is 0.810 bits per heavy atom. The Morgan fingerprint density at radius 3 is 1.19 bits per heavy atom. The first-order chi connectivity index (χ1) is 20.7. The molecule has 0 radical (unpaired) electrons. The average molecular weight is 557 g/mol. The molecule has 5 aromatic rings. The van der Waals surface area contributed by atoms with E-state index in [1.54, 1.807) is 14.2 Å². The van der Waals surface area contributed by atoms with E-state index in [2.05, 4.69) is 0 Å². The normalized spacial score (nSPS) is 11.6. The first kappa shape index (κ1) is 28.2. The van der Waals surface area contributed by atoms with Crippen molar-refractivity contribution >= 4 is 23.2 Å². The largest absolute Gasteiger partial charge is 0.488 e. The summed E-state index contributed by atoms with van der Waals surface area (Å²) in [6.07, 6.45) is 0. The molecule has 0 heterocycles. The summed E-state index contributed by atoms with van der Waals surface area (Å²) < 4.78 is 23.6. The molecule has 0 N–H and O–H groups in total. The molecule has 0 spiro atoms. The zero-order chi connectivity index (χ0) is 29.0. The molecule has 5 rings (SSSR count). The number of aliphatic imine (C=N–C) groups is 2. The molecule has 5 aromatic carbocycles. The molecule has 0 aliphatic carbocycles. The molecule has 0 saturated carbocycles. The van der Waals surface area contributed by atoms with Crippen molar-refractivity contribution < 1.29 is 18.9 Å². The zero-order valence-electron chi connectivity index (χ0n) is 23.6. The van der Waals surface area contributed by atoms with Crippen LogP contribution >= 0.6 is 0 Å². The van der Waals surface area contributed by atoms with Crippen LogP contribution in [0.2, 0.25) is 0 Å². The molecule has 0 aliphatic rings. The molecule has 0 amide bonds. The number of ether oxygens (including phenoxy) is 4. The Balaban J connectivity index is 1.33. The van der Waals surface area contributed by atoms with Crippen LogP contribution in [0.1, 0.15) is 22.3 Å². The molecule has 42 heavy (non-hydrogen) atoms. The Morgan fingerprint density at radius 1 is 0.452 bits per heavy atom. The van der Waals surface area contributed by atoms with E-state index in [1.165, 1.54) is 0 Å². The SMILES string of the molecule is COC(=Nc1ccc(N=C(OC)c2ccccc2OCc2ccccc2)cc1)c1ccccc1OCc1ccccc1. The maximum atomic E-state index is 6.11. The molecular formula is C36H32N2O4. The number of hydrogen-bond donors (Lipinski definition) is 0. The lowest BCUT2D eigenvalue weighted by atomic mass is 10.2. The van der Waals surface area contributed by atoms with Gasteiger partial charge in [0.05, 0.1) is 36.7 Å². The van der Waals surface area contributed by atoms with Gasteiger partial charge >= 0.3 is 0 Å². The van der Waals surface area contributed by atoms with Crippen molar-refractivity contribution in [1.82, 2.24) is 0 Å². The van der Waals surface area contributed by atoms with Gasteiger partial charge in [-0.2, -0.15) is 0 Å². The van der Waals surface area contributed by atoms with Gasteiger partial charge in [0, 0.05) is 0 Å². The molecule has 6 nitrogen and oxygen atoms in total. The molecule has 0 fully saturated rings. The predicted molar refractivity (Wildman–Crippen MR) is 167 cm³/mol. The van der Waals surface area contributed by atoms with Crippen LogP contribution in [0.15, 0.2) is 143 Å². The highest BCUT2D eigenvalue weighted by Crippen LogP contribution is 2.27. The van der Waals surface area contributed by atoms with Crippen molar-refractivity contribution in [3.8, 4) is 11.5 Å². The molecule has 210 valence electrons. The number of nitrogens with zero attached hydrogens (tertiary/aromatic N) is 2. The van der Waals surface area contributed by atoms with Gasteiger partial charge in [0.25, 0.3) is 0 Å². The second kappa shape index (κ2) is 14.3. The van der Waals surface area contributed by atoms with E-state index in [9.17, 15) is 0 Å². The summed E-state index contributed by atoms with van der Waals surface area (Å²) in [6, 6.07) is 43.1. The maximum absolute atomic E-state index is 6.11. The Bertz CT molecular complexity index is 1510. The summed E-state index contributed by atoms with van der Waals surface area (Å²) in [7, 11) is 3.21. The quantitative estimate of drug-likeness (QED) is 0.128. The fourth-order valence-electron chi connectivity index (χ4n) is 4.28. The highest BCUT2D eigenvalue weighted by atomic mass is 16.5. The van der Waals surface area contributed by atoms with Crippen molar-refractivity contribution in [2.75, 3.05) is 14.2 Å². The zero-order valence-corrected chi connectivity index (χ0v) is 23.6. The highest BCUT2D eigenvalue weighted by Gasteiger charge is 2.13. The number of hydrogen-bond acceptors (Lipinski definition) is 6. The second-order valence-electron chi connectivity index (χ2n) is 9.30. The van der Waals surface area contributed by atoms with Crippen LogP contribution in [-0.4, -0.2) is 26.0 Å². The van der Waals surface area contributed by atoms with Gasteiger partial charge in [0.15, 0.2) is 0 Å². The van der Waals surface area contributed by atoms with Crippen LogP contribution in [0.25, 0.3) is 0 Å². The highest BCUT2D eigenvalue weighted by molar-refractivity contribution is 5.99. The van der Waals surface area contributed by atoms with Gasteiger partial charge in [-0.3, -0.25) is 0 Å². The summed E-state index contributed by atoms with van der Waals surface area (Å²) in [4.78, 5) is 9.49. The maximum Gasteiger partial charge on any atom is 0.224 e. The minimum atomic E-state index is 0.448. The lowest BCUT2D eigenvalue weighted by molar-refractivity contribution is 0.303. The number of para-hydroxylation sites is 2. The minimum absolute atomic E-state index is 0.448. The van der Waals surface area contributed by atoms with Crippen LogP contribution < -0.4 is 9.47 Å². The molecular weight excluding hydrogens is 524 g/mol. The first-order valence-electron chi connectivity index (χ1n) is 13.6. The van der Waals surface area contributed by atoms with Crippen molar-refractivity contribution in [3.63, 3.8) is 0 Å². The summed E-state index contributed by atoms with van der Waals surface area (Å²) >= 11 is 0. The van der Waals surface area contributed by atoms with E-state index in [-0.39, 0.29) is 0 Å². The van der Waals surface area contributed by atoms with Gasteiger partial charge in [0.2, 0.25) is 11.8 Å². The minimum Gasteiger partial charge on any atom is -0.488 e. The van der Waals surface area contributed by atoms with Gasteiger partial charge < -0.3 is 18.9 Å². The first-order valence-corrected chi connectivity index (χ1v) is 13.6. The van der Waals surface area contributed by atoms with Crippen molar-refractivity contribution in [2.45, 2.75) is 13.2 Å². The standard InChI is InChI=1S/C36H32N2O4/c1-39-35(31-17-9-11-19-33(31)41-25-27-13-5-3-6-14-27)37-29-21-23-30(24-22-29)38-36(40-2)32-18-10-12-20-34(32)42-26-28-15-7-4-8-16-28/h3-24H,25-26H2,1-2H3. The van der Waals surface area contributed by atoms with Gasteiger partial charge in [-0.15, -0.1) is 0 Å². The average Bonchev–Trinajstić information content (AvgIpc) is 3.06. The molecule has 0 unspecified atom stereocenters. The predicted octanol–water partition coefficient (Wildman–Crippen LogP) is 8.29. The molecule has 0 aliphatic heterocycles. The van der Waals surface area contributed by atoms with Gasteiger partial charge in [0.1, 0.15) is 24.7 Å². The van der Waals surface area contributed by atoms with Gasteiger partial charge in [-0.25, -0.2) is 9.98 Å². The van der Waals surface area contributed by atoms with E-state index in [4.69, 9.17) is 28.9 Å². The lowest BCUT2D eigenvalue weighted by Crippen LogP contribution is -2.07. The summed E-state index contributed by atoms with van der Waals surface area (Å²) in [5.41, 5.74) is 5.14. The monoisotopic (exact) mass is 556 g/mol. The van der Waals surface area contributed by atoms with Gasteiger partial charge in [-0.1, -0.05) is 84.9 Å². The summed E-state index contributed by atoms with van der Waals surface area (Å²) in [5, 5.41) is 0. The number of benzene rings is 5.